The maximum Gasteiger partial charge on any atom is 0.217 e. The van der Waals surface area contributed by atoms with E-state index in [2.05, 4.69) is 28.8 Å². The molecule has 1 fully saturated rings. The van der Waals surface area contributed by atoms with Crippen LogP contribution < -0.4 is 0 Å². The van der Waals surface area contributed by atoms with Gasteiger partial charge in [-0.2, -0.15) is 4.98 Å². The lowest BCUT2D eigenvalue weighted by Gasteiger charge is -2.35. The molecule has 7 heteroatoms. The smallest absolute Gasteiger partial charge is 0.217 e. The van der Waals surface area contributed by atoms with E-state index in [0.29, 0.717) is 17.3 Å². The zero-order valence-corrected chi connectivity index (χ0v) is 14.6. The summed E-state index contributed by atoms with van der Waals surface area (Å²) in [4.78, 5) is 6.64. The molecule has 2 aromatic rings. The monoisotopic (exact) mass is 348 g/mol. The van der Waals surface area contributed by atoms with Crippen LogP contribution in [0, 0.1) is 10.6 Å². The molecule has 0 saturated carbocycles. The number of nitrogens with zero attached hydrogens (tertiary/aromatic N) is 3. The number of aromatic nitrogens is 3. The van der Waals surface area contributed by atoms with Crippen LogP contribution in [-0.4, -0.2) is 45.0 Å². The van der Waals surface area contributed by atoms with Crippen LogP contribution in [0.15, 0.2) is 24.3 Å². The number of nitrogens with one attached hydrogen (secondary N) is 1. The van der Waals surface area contributed by atoms with Crippen LogP contribution in [0.2, 0.25) is 0 Å². The van der Waals surface area contributed by atoms with E-state index in [1.165, 1.54) is 12.1 Å². The van der Waals surface area contributed by atoms with Crippen LogP contribution in [-0.2, 0) is 11.4 Å². The molecule has 1 aliphatic heterocycles. The second-order valence-electron chi connectivity index (χ2n) is 6.14. The first-order chi connectivity index (χ1) is 11.5. The van der Waals surface area contributed by atoms with Gasteiger partial charge in [0.15, 0.2) is 0 Å². The molecule has 5 nitrogen and oxygen atoms in total. The lowest BCUT2D eigenvalue weighted by atomic mass is 10.2. The Bertz CT molecular complexity index is 758. The third-order valence-electron chi connectivity index (χ3n) is 3.84. The van der Waals surface area contributed by atoms with Crippen molar-refractivity contribution in [1.29, 1.82) is 0 Å². The van der Waals surface area contributed by atoms with E-state index in [0.717, 1.165) is 18.7 Å². The highest BCUT2D eigenvalue weighted by Gasteiger charge is 2.22. The van der Waals surface area contributed by atoms with Crippen LogP contribution in [0.1, 0.15) is 25.2 Å². The van der Waals surface area contributed by atoms with Crippen molar-refractivity contribution in [1.82, 2.24) is 19.7 Å². The SMILES string of the molecule is CC1CN(Cn2[nH]c(/C=C/c3ccc(F)cc3)nc2=S)CC(C)O1. The molecule has 1 N–H and O–H groups in total. The fourth-order valence-electron chi connectivity index (χ4n) is 2.89. The minimum atomic E-state index is -0.246. The van der Waals surface area contributed by atoms with Crippen molar-refractivity contribution in [3.05, 3.63) is 46.2 Å². The second-order valence-corrected chi connectivity index (χ2v) is 6.50. The molecule has 0 radical (unpaired) electrons. The summed E-state index contributed by atoms with van der Waals surface area (Å²) in [6.07, 6.45) is 4.13. The number of H-pyrrole nitrogens is 1. The number of morpholine rings is 1. The van der Waals surface area contributed by atoms with E-state index in [1.54, 1.807) is 12.1 Å². The van der Waals surface area contributed by atoms with Gasteiger partial charge in [0.05, 0.1) is 18.9 Å². The van der Waals surface area contributed by atoms with Crippen molar-refractivity contribution < 1.29 is 9.13 Å². The minimum Gasteiger partial charge on any atom is -0.373 e. The second kappa shape index (κ2) is 7.38. The molecule has 1 aromatic carbocycles. The molecule has 24 heavy (non-hydrogen) atoms. The summed E-state index contributed by atoms with van der Waals surface area (Å²) in [5.74, 6) is 0.434. The Hall–Kier alpha value is -1.83. The fourth-order valence-corrected chi connectivity index (χ4v) is 3.10. The molecule has 2 heterocycles. The maximum atomic E-state index is 12.9. The molecule has 0 bridgehead atoms. The van der Waals surface area contributed by atoms with Gasteiger partial charge in [-0.25, -0.2) is 9.07 Å². The Morgan fingerprint density at radius 3 is 2.58 bits per heavy atom. The summed E-state index contributed by atoms with van der Waals surface area (Å²) in [5, 5.41) is 3.20. The van der Waals surface area contributed by atoms with Crippen molar-refractivity contribution in [2.75, 3.05) is 13.1 Å². The molecule has 0 aliphatic carbocycles. The van der Waals surface area contributed by atoms with Crippen molar-refractivity contribution in [2.45, 2.75) is 32.7 Å². The Morgan fingerprint density at radius 1 is 1.25 bits per heavy atom. The summed E-state index contributed by atoms with van der Waals surface area (Å²) >= 11 is 5.33. The lowest BCUT2D eigenvalue weighted by molar-refractivity contribution is -0.0777. The minimum absolute atomic E-state index is 0.212. The summed E-state index contributed by atoms with van der Waals surface area (Å²) < 4.78 is 21.0. The Labute approximate surface area is 145 Å². The first-order valence-electron chi connectivity index (χ1n) is 7.98. The van der Waals surface area contributed by atoms with Crippen LogP contribution in [0.4, 0.5) is 4.39 Å². The molecular formula is C17H21FN4OS. The van der Waals surface area contributed by atoms with Crippen molar-refractivity contribution in [3.63, 3.8) is 0 Å². The summed E-state index contributed by atoms with van der Waals surface area (Å²) in [6, 6.07) is 6.30. The third kappa shape index (κ3) is 4.37. The van der Waals surface area contributed by atoms with E-state index < -0.39 is 0 Å². The van der Waals surface area contributed by atoms with Gasteiger partial charge in [0.1, 0.15) is 11.6 Å². The first kappa shape index (κ1) is 17.0. The van der Waals surface area contributed by atoms with Gasteiger partial charge in [-0.15, -0.1) is 0 Å². The standard InChI is InChI=1S/C17H21FN4OS/c1-12-9-21(10-13(2)23-12)11-22-17(24)19-16(20-22)8-5-14-3-6-15(18)7-4-14/h3-8,12-13H,9-11H2,1-2H3,(H,19,20,24)/b8-5+. The molecule has 128 valence electrons. The number of rotatable bonds is 4. The lowest BCUT2D eigenvalue weighted by Crippen LogP contribution is -2.46. The Balaban J connectivity index is 1.68. The molecule has 2 unspecified atom stereocenters. The van der Waals surface area contributed by atoms with Crippen LogP contribution >= 0.6 is 12.2 Å². The topological polar surface area (TPSA) is 46.1 Å². The molecule has 0 spiro atoms. The van der Waals surface area contributed by atoms with Crippen LogP contribution in [0.25, 0.3) is 12.2 Å². The van der Waals surface area contributed by atoms with Crippen molar-refractivity contribution >= 4 is 24.4 Å². The molecule has 1 aromatic heterocycles. The quantitative estimate of drug-likeness (QED) is 0.861. The number of hydrogen-bond acceptors (Lipinski definition) is 4. The zero-order valence-electron chi connectivity index (χ0n) is 13.8. The average Bonchev–Trinajstić information content (AvgIpc) is 2.86. The van der Waals surface area contributed by atoms with Gasteiger partial charge in [-0.05, 0) is 49.8 Å². The normalized spacial score (nSPS) is 22.3. The summed E-state index contributed by atoms with van der Waals surface area (Å²) in [7, 11) is 0. The van der Waals surface area contributed by atoms with Gasteiger partial charge < -0.3 is 4.74 Å². The van der Waals surface area contributed by atoms with E-state index in [9.17, 15) is 4.39 Å². The number of benzene rings is 1. The molecule has 0 amide bonds. The number of ether oxygens (including phenoxy) is 1. The van der Waals surface area contributed by atoms with Crippen LogP contribution in [0.5, 0.6) is 0 Å². The largest absolute Gasteiger partial charge is 0.373 e. The van der Waals surface area contributed by atoms with Gasteiger partial charge in [-0.3, -0.25) is 10.00 Å². The van der Waals surface area contributed by atoms with Gasteiger partial charge in [0.2, 0.25) is 4.77 Å². The highest BCUT2D eigenvalue weighted by molar-refractivity contribution is 7.71. The van der Waals surface area contributed by atoms with E-state index >= 15 is 0 Å². The molecule has 1 aliphatic rings. The van der Waals surface area contributed by atoms with E-state index in [1.807, 2.05) is 16.8 Å². The molecule has 3 rings (SSSR count). The number of halogens is 1. The first-order valence-corrected chi connectivity index (χ1v) is 8.39. The number of hydrogen-bond donors (Lipinski definition) is 1. The van der Waals surface area contributed by atoms with E-state index in [-0.39, 0.29) is 18.0 Å². The highest BCUT2D eigenvalue weighted by atomic mass is 32.1. The predicted molar refractivity (Wildman–Crippen MR) is 94.3 cm³/mol. The highest BCUT2D eigenvalue weighted by Crippen LogP contribution is 2.12. The van der Waals surface area contributed by atoms with Gasteiger partial charge in [0.25, 0.3) is 0 Å². The zero-order chi connectivity index (χ0) is 17.1. The van der Waals surface area contributed by atoms with E-state index in [4.69, 9.17) is 17.0 Å². The Kier molecular flexibility index (Phi) is 5.23. The molecule has 1 saturated heterocycles. The Morgan fingerprint density at radius 2 is 1.92 bits per heavy atom. The molecular weight excluding hydrogens is 327 g/mol. The van der Waals surface area contributed by atoms with Gasteiger partial charge >= 0.3 is 0 Å². The van der Waals surface area contributed by atoms with Crippen molar-refractivity contribution in [3.8, 4) is 0 Å². The fraction of sp³-hybridized carbons (Fsp3) is 0.412. The summed E-state index contributed by atoms with van der Waals surface area (Å²) in [5.41, 5.74) is 0.904. The van der Waals surface area contributed by atoms with Crippen LogP contribution in [0.3, 0.4) is 0 Å². The van der Waals surface area contributed by atoms with Gasteiger partial charge in [0, 0.05) is 13.1 Å². The predicted octanol–water partition coefficient (Wildman–Crippen LogP) is 3.32. The van der Waals surface area contributed by atoms with Gasteiger partial charge in [-0.1, -0.05) is 18.2 Å². The van der Waals surface area contributed by atoms with Crippen molar-refractivity contribution in [2.24, 2.45) is 0 Å². The third-order valence-corrected chi connectivity index (χ3v) is 4.15. The maximum absolute atomic E-state index is 12.9. The summed E-state index contributed by atoms with van der Waals surface area (Å²) in [6.45, 7) is 6.55. The molecule has 2 atom stereocenters. The average molecular weight is 348 g/mol. The number of aromatic amines is 1.